The molecule has 2 bridgehead atoms. The van der Waals surface area contributed by atoms with Crippen LogP contribution in [0, 0.1) is 0 Å². The topological polar surface area (TPSA) is 38.8 Å². The van der Waals surface area contributed by atoms with Gasteiger partial charge in [0.1, 0.15) is 6.10 Å². The zero-order valence-corrected chi connectivity index (χ0v) is 13.3. The highest BCUT2D eigenvalue weighted by Gasteiger charge is 2.44. The maximum atomic E-state index is 13.1. The molecule has 0 radical (unpaired) electrons. The molecule has 4 nitrogen and oxygen atoms in total. The van der Waals surface area contributed by atoms with E-state index in [0.717, 1.165) is 28.5 Å². The summed E-state index contributed by atoms with van der Waals surface area (Å²) in [6.07, 6.45) is 2.05. The maximum absolute atomic E-state index is 13.1. The van der Waals surface area contributed by atoms with Crippen LogP contribution in [0.15, 0.2) is 29.6 Å². The number of thiophene rings is 1. The normalized spacial score (nSPS) is 28.0. The number of amides is 1. The third kappa shape index (κ3) is 2.16. The van der Waals surface area contributed by atoms with Crippen LogP contribution < -0.4 is 0 Å². The van der Waals surface area contributed by atoms with Crippen LogP contribution in [0.1, 0.15) is 23.2 Å². The molecule has 22 heavy (non-hydrogen) atoms. The maximum Gasteiger partial charge on any atom is 0.255 e. The summed E-state index contributed by atoms with van der Waals surface area (Å²) < 4.78 is 12.7. The van der Waals surface area contributed by atoms with Crippen molar-refractivity contribution < 1.29 is 14.3 Å². The van der Waals surface area contributed by atoms with Crippen molar-refractivity contribution in [3.8, 4) is 0 Å². The smallest absolute Gasteiger partial charge is 0.255 e. The Hall–Kier alpha value is -1.43. The zero-order valence-electron chi connectivity index (χ0n) is 12.5. The van der Waals surface area contributed by atoms with E-state index >= 15 is 0 Å². The van der Waals surface area contributed by atoms with Crippen molar-refractivity contribution in [3.63, 3.8) is 0 Å². The van der Waals surface area contributed by atoms with Gasteiger partial charge in [-0.25, -0.2) is 0 Å². The molecule has 1 aromatic heterocycles. The predicted molar refractivity (Wildman–Crippen MR) is 86.4 cm³/mol. The van der Waals surface area contributed by atoms with E-state index in [0.29, 0.717) is 13.2 Å². The van der Waals surface area contributed by atoms with Crippen LogP contribution >= 0.6 is 11.3 Å². The molecule has 0 spiro atoms. The van der Waals surface area contributed by atoms with Crippen LogP contribution in [0.5, 0.6) is 0 Å². The summed E-state index contributed by atoms with van der Waals surface area (Å²) >= 11 is 1.63. The van der Waals surface area contributed by atoms with Crippen LogP contribution in [0.2, 0.25) is 0 Å². The summed E-state index contributed by atoms with van der Waals surface area (Å²) in [5.74, 6) is 0.107. The van der Waals surface area contributed by atoms with E-state index < -0.39 is 0 Å². The summed E-state index contributed by atoms with van der Waals surface area (Å²) in [5.41, 5.74) is 0.806. The highest BCUT2D eigenvalue weighted by molar-refractivity contribution is 7.17. The van der Waals surface area contributed by atoms with Gasteiger partial charge >= 0.3 is 0 Å². The lowest BCUT2D eigenvalue weighted by Gasteiger charge is -2.30. The van der Waals surface area contributed by atoms with Crippen LogP contribution in [0.4, 0.5) is 0 Å². The molecule has 0 N–H and O–H groups in total. The van der Waals surface area contributed by atoms with E-state index in [1.54, 1.807) is 18.4 Å². The molecule has 2 aliphatic rings. The number of benzene rings is 1. The van der Waals surface area contributed by atoms with Crippen molar-refractivity contribution in [2.24, 2.45) is 0 Å². The van der Waals surface area contributed by atoms with Crippen molar-refractivity contribution in [1.29, 1.82) is 0 Å². The Morgan fingerprint density at radius 1 is 1.36 bits per heavy atom. The summed E-state index contributed by atoms with van der Waals surface area (Å²) in [7, 11) is 1.72. The van der Waals surface area contributed by atoms with Gasteiger partial charge in [0.15, 0.2) is 0 Å². The number of fused-ring (bicyclic) bond motifs is 3. The Morgan fingerprint density at radius 3 is 3.09 bits per heavy atom. The van der Waals surface area contributed by atoms with Gasteiger partial charge < -0.3 is 14.4 Å². The second kappa shape index (κ2) is 5.65. The monoisotopic (exact) mass is 317 g/mol. The Morgan fingerprint density at radius 2 is 2.23 bits per heavy atom. The van der Waals surface area contributed by atoms with Crippen molar-refractivity contribution in [1.82, 2.24) is 4.90 Å². The largest absolute Gasteiger partial charge is 0.377 e. The number of ether oxygens (including phenoxy) is 2. The molecule has 3 unspecified atom stereocenters. The molecule has 1 amide bonds. The molecule has 2 fully saturated rings. The molecule has 2 aromatic rings. The lowest BCUT2D eigenvalue weighted by molar-refractivity contribution is -0.0316. The molecule has 4 rings (SSSR count). The van der Waals surface area contributed by atoms with Crippen LogP contribution in [0.25, 0.3) is 10.1 Å². The number of nitrogens with zero attached hydrogens (tertiary/aromatic N) is 1. The Labute approximate surface area is 133 Å². The Bertz CT molecular complexity index is 698. The van der Waals surface area contributed by atoms with Crippen LogP contribution in [0.3, 0.4) is 0 Å². The molecule has 5 heteroatoms. The molecule has 2 heterocycles. The summed E-state index contributed by atoms with van der Waals surface area (Å²) in [6, 6.07) is 8.21. The number of rotatable bonds is 2. The first-order valence-corrected chi connectivity index (χ1v) is 8.59. The first-order valence-electron chi connectivity index (χ1n) is 7.71. The van der Waals surface area contributed by atoms with Crippen molar-refractivity contribution in [2.45, 2.75) is 31.1 Å². The van der Waals surface area contributed by atoms with Gasteiger partial charge in [0.25, 0.3) is 5.91 Å². The second-order valence-corrected chi connectivity index (χ2v) is 6.81. The fourth-order valence-electron chi connectivity index (χ4n) is 3.75. The van der Waals surface area contributed by atoms with Gasteiger partial charge in [0.05, 0.1) is 24.3 Å². The minimum atomic E-state index is -0.00338. The molecular formula is C17H19NO3S. The minimum absolute atomic E-state index is 0.00338. The Kier molecular flexibility index (Phi) is 3.64. The van der Waals surface area contributed by atoms with E-state index in [1.807, 2.05) is 28.5 Å². The van der Waals surface area contributed by atoms with Gasteiger partial charge in [-0.2, -0.15) is 0 Å². The number of carbonyl (C=O) groups excluding carboxylic acids is 1. The average Bonchev–Trinajstić information content (AvgIpc) is 3.07. The van der Waals surface area contributed by atoms with Crippen molar-refractivity contribution in [3.05, 3.63) is 35.2 Å². The summed E-state index contributed by atoms with van der Waals surface area (Å²) in [6.45, 7) is 1.23. The van der Waals surface area contributed by atoms with E-state index in [9.17, 15) is 4.79 Å². The van der Waals surface area contributed by atoms with Gasteiger partial charge in [0.2, 0.25) is 0 Å². The minimum Gasteiger partial charge on any atom is -0.377 e. The molecular weight excluding hydrogens is 298 g/mol. The molecule has 3 atom stereocenters. The molecule has 1 saturated heterocycles. The molecule has 116 valence electrons. The highest BCUT2D eigenvalue weighted by Crippen LogP contribution is 2.34. The Balaban J connectivity index is 1.69. The third-order valence-corrected chi connectivity index (χ3v) is 5.76. The SMILES string of the molecule is COC1C2CCC1N(C(=O)c1csc3ccccc13)CCO2. The van der Waals surface area contributed by atoms with E-state index in [-0.39, 0.29) is 24.2 Å². The molecule has 1 aliphatic heterocycles. The standard InChI is InChI=1S/C17H19NO3S/c1-20-16-13-6-7-14(16)21-9-8-18(13)17(19)12-10-22-15-5-3-2-4-11(12)15/h2-5,10,13-14,16H,6-9H2,1H3. The lowest BCUT2D eigenvalue weighted by Crippen LogP contribution is -2.46. The molecule has 1 saturated carbocycles. The third-order valence-electron chi connectivity index (χ3n) is 4.80. The van der Waals surface area contributed by atoms with Gasteiger partial charge in [-0.1, -0.05) is 18.2 Å². The number of methoxy groups -OCH3 is 1. The average molecular weight is 317 g/mol. The van der Waals surface area contributed by atoms with Crippen LogP contribution in [-0.2, 0) is 9.47 Å². The van der Waals surface area contributed by atoms with Crippen molar-refractivity contribution >= 4 is 27.3 Å². The lowest BCUT2D eigenvalue weighted by atomic mass is 10.1. The summed E-state index contributed by atoms with van der Waals surface area (Å²) in [5, 5.41) is 3.03. The quantitative estimate of drug-likeness (QED) is 0.855. The fourth-order valence-corrected chi connectivity index (χ4v) is 4.68. The second-order valence-electron chi connectivity index (χ2n) is 5.90. The van der Waals surface area contributed by atoms with Gasteiger partial charge in [-0.15, -0.1) is 11.3 Å². The highest BCUT2D eigenvalue weighted by atomic mass is 32.1. The van der Waals surface area contributed by atoms with Crippen LogP contribution in [-0.4, -0.2) is 49.3 Å². The summed E-state index contributed by atoms with van der Waals surface area (Å²) in [4.78, 5) is 15.1. The van der Waals surface area contributed by atoms with Gasteiger partial charge in [-0.05, 0) is 18.9 Å². The van der Waals surface area contributed by atoms with E-state index in [1.165, 1.54) is 0 Å². The fraction of sp³-hybridized carbons (Fsp3) is 0.471. The first kappa shape index (κ1) is 14.2. The zero-order chi connectivity index (χ0) is 15.1. The number of hydrogen-bond donors (Lipinski definition) is 0. The predicted octanol–water partition coefficient (Wildman–Crippen LogP) is 2.92. The van der Waals surface area contributed by atoms with E-state index in [2.05, 4.69) is 6.07 Å². The van der Waals surface area contributed by atoms with Crippen molar-refractivity contribution in [2.75, 3.05) is 20.3 Å². The number of hydrogen-bond acceptors (Lipinski definition) is 4. The first-order chi connectivity index (χ1) is 10.8. The van der Waals surface area contributed by atoms with Gasteiger partial charge in [0, 0.05) is 29.1 Å². The molecule has 1 aromatic carbocycles. The van der Waals surface area contributed by atoms with E-state index in [4.69, 9.17) is 9.47 Å². The molecule has 1 aliphatic carbocycles. The van der Waals surface area contributed by atoms with Gasteiger partial charge in [-0.3, -0.25) is 4.79 Å². The number of carbonyl (C=O) groups is 1.